The first kappa shape index (κ1) is 7.53. The Balaban J connectivity index is 2.75. The largest absolute Gasteiger partial charge is 0.409 e. The fourth-order valence-corrected chi connectivity index (χ4v) is 1.13. The molecule has 0 saturated carbocycles. The first-order valence-electron chi connectivity index (χ1n) is 3.60. The van der Waals surface area contributed by atoms with Crippen molar-refractivity contribution in [1.29, 1.82) is 0 Å². The van der Waals surface area contributed by atoms with Gasteiger partial charge in [-0.3, -0.25) is 0 Å². The van der Waals surface area contributed by atoms with Crippen LogP contribution in [0.15, 0.2) is 23.4 Å². The molecule has 0 saturated heterocycles. The van der Waals surface area contributed by atoms with Crippen molar-refractivity contribution in [2.24, 2.45) is 10.9 Å². The van der Waals surface area contributed by atoms with E-state index in [0.29, 0.717) is 16.6 Å². The predicted molar refractivity (Wildman–Crippen MR) is 46.4 cm³/mol. The lowest BCUT2D eigenvalue weighted by atomic mass is 10.2. The molecule has 0 fully saturated rings. The lowest BCUT2D eigenvalue weighted by molar-refractivity contribution is 0.318. The van der Waals surface area contributed by atoms with Gasteiger partial charge in [0.05, 0.1) is 0 Å². The molecule has 13 heavy (non-hydrogen) atoms. The molecule has 4 N–H and O–H groups in total. The van der Waals surface area contributed by atoms with E-state index in [-0.39, 0.29) is 5.84 Å². The first-order valence-corrected chi connectivity index (χ1v) is 3.60. The Kier molecular flexibility index (Phi) is 1.59. The van der Waals surface area contributed by atoms with E-state index in [1.54, 1.807) is 18.2 Å². The Morgan fingerprint density at radius 3 is 3.08 bits per heavy atom. The zero-order chi connectivity index (χ0) is 9.26. The maximum atomic E-state index is 8.49. The van der Waals surface area contributed by atoms with E-state index in [0.717, 1.165) is 0 Å². The van der Waals surface area contributed by atoms with Gasteiger partial charge in [-0.25, -0.2) is 0 Å². The van der Waals surface area contributed by atoms with Gasteiger partial charge in [-0.05, 0) is 12.1 Å². The molecule has 0 aliphatic carbocycles. The number of nitrogens with zero attached hydrogens (tertiary/aromatic N) is 3. The summed E-state index contributed by atoms with van der Waals surface area (Å²) in [5.74, 6) is 0.0273. The molecule has 6 heteroatoms. The summed E-state index contributed by atoms with van der Waals surface area (Å²) in [5.41, 5.74) is 7.28. The number of oxime groups is 1. The highest BCUT2D eigenvalue weighted by Crippen LogP contribution is 2.12. The maximum Gasteiger partial charge on any atom is 0.172 e. The second-order valence-corrected chi connectivity index (χ2v) is 2.48. The maximum absolute atomic E-state index is 8.49. The van der Waals surface area contributed by atoms with Crippen LogP contribution in [0.4, 0.5) is 0 Å². The van der Waals surface area contributed by atoms with Gasteiger partial charge in [0.1, 0.15) is 11.0 Å². The van der Waals surface area contributed by atoms with Crippen LogP contribution < -0.4 is 5.73 Å². The van der Waals surface area contributed by atoms with Gasteiger partial charge in [0.15, 0.2) is 5.84 Å². The molecule has 6 nitrogen and oxygen atoms in total. The number of nitrogens with one attached hydrogen (secondary N) is 1. The highest BCUT2D eigenvalue weighted by Gasteiger charge is 2.07. The average molecular weight is 177 g/mol. The Morgan fingerprint density at radius 1 is 1.46 bits per heavy atom. The lowest BCUT2D eigenvalue weighted by Crippen LogP contribution is -2.13. The predicted octanol–water partition coefficient (Wildman–Crippen LogP) is 0.0524. The van der Waals surface area contributed by atoms with Crippen molar-refractivity contribution in [2.75, 3.05) is 0 Å². The number of rotatable bonds is 1. The van der Waals surface area contributed by atoms with Crippen LogP contribution in [0, 0.1) is 0 Å². The molecule has 0 amide bonds. The highest BCUT2D eigenvalue weighted by molar-refractivity contribution is 6.06. The minimum Gasteiger partial charge on any atom is -0.409 e. The molecule has 0 radical (unpaired) electrons. The van der Waals surface area contributed by atoms with Crippen LogP contribution in [0.25, 0.3) is 11.0 Å². The van der Waals surface area contributed by atoms with Crippen LogP contribution >= 0.6 is 0 Å². The van der Waals surface area contributed by atoms with Crippen molar-refractivity contribution in [3.8, 4) is 0 Å². The number of benzene rings is 1. The molecular weight excluding hydrogens is 170 g/mol. The topological polar surface area (TPSA) is 100 Å². The van der Waals surface area contributed by atoms with Crippen LogP contribution in [0.5, 0.6) is 0 Å². The van der Waals surface area contributed by atoms with E-state index in [1.807, 2.05) is 0 Å². The third-order valence-corrected chi connectivity index (χ3v) is 1.73. The van der Waals surface area contributed by atoms with E-state index in [2.05, 4.69) is 20.6 Å². The van der Waals surface area contributed by atoms with Gasteiger partial charge in [0.2, 0.25) is 0 Å². The van der Waals surface area contributed by atoms with Gasteiger partial charge in [-0.15, -0.1) is 0 Å². The standard InChI is InChI=1S/C7H7N5O/c8-7(11-13)4-2-1-3-5-6(4)10-12-9-5/h1-3,13H,(H2,8,11)(H,9,10,12). The smallest absolute Gasteiger partial charge is 0.172 e. The molecule has 0 bridgehead atoms. The Labute approximate surface area is 73.0 Å². The van der Waals surface area contributed by atoms with Crippen molar-refractivity contribution in [2.45, 2.75) is 0 Å². The molecule has 0 spiro atoms. The van der Waals surface area contributed by atoms with Crippen molar-refractivity contribution in [3.05, 3.63) is 23.8 Å². The fraction of sp³-hybridized carbons (Fsp3) is 0. The molecular formula is C7H7N5O. The van der Waals surface area contributed by atoms with E-state index < -0.39 is 0 Å². The second-order valence-electron chi connectivity index (χ2n) is 2.48. The van der Waals surface area contributed by atoms with Gasteiger partial charge < -0.3 is 10.9 Å². The van der Waals surface area contributed by atoms with Gasteiger partial charge in [0.25, 0.3) is 0 Å². The number of hydrogen-bond acceptors (Lipinski definition) is 4. The molecule has 0 aliphatic rings. The summed E-state index contributed by atoms with van der Waals surface area (Å²) >= 11 is 0. The zero-order valence-corrected chi connectivity index (χ0v) is 6.60. The number of H-pyrrole nitrogens is 1. The van der Waals surface area contributed by atoms with Crippen LogP contribution in [-0.2, 0) is 0 Å². The molecule has 1 aromatic heterocycles. The van der Waals surface area contributed by atoms with Gasteiger partial charge >= 0.3 is 0 Å². The Bertz CT molecular complexity index is 461. The first-order chi connectivity index (χ1) is 6.33. The van der Waals surface area contributed by atoms with Crippen LogP contribution in [0.3, 0.4) is 0 Å². The molecule has 1 heterocycles. The fourth-order valence-electron chi connectivity index (χ4n) is 1.13. The highest BCUT2D eigenvalue weighted by atomic mass is 16.4. The zero-order valence-electron chi connectivity index (χ0n) is 6.60. The molecule has 0 aliphatic heterocycles. The molecule has 1 aromatic carbocycles. The summed E-state index contributed by atoms with van der Waals surface area (Å²) in [5, 5.41) is 21.6. The SMILES string of the molecule is N/C(=N/O)c1cccc2n[nH]nc12. The quantitative estimate of drug-likeness (QED) is 0.248. The second kappa shape index (κ2) is 2.74. The number of fused-ring (bicyclic) bond motifs is 1. The minimum absolute atomic E-state index is 0.0273. The van der Waals surface area contributed by atoms with E-state index >= 15 is 0 Å². The summed E-state index contributed by atoms with van der Waals surface area (Å²) in [6.07, 6.45) is 0. The third-order valence-electron chi connectivity index (χ3n) is 1.73. The number of hydrogen-bond donors (Lipinski definition) is 3. The van der Waals surface area contributed by atoms with Crippen molar-refractivity contribution >= 4 is 16.9 Å². The van der Waals surface area contributed by atoms with Gasteiger partial charge in [0, 0.05) is 5.56 Å². The summed E-state index contributed by atoms with van der Waals surface area (Å²) in [6.45, 7) is 0. The molecule has 0 unspecified atom stereocenters. The summed E-state index contributed by atoms with van der Waals surface area (Å²) in [4.78, 5) is 0. The van der Waals surface area contributed by atoms with Crippen molar-refractivity contribution in [1.82, 2.24) is 15.4 Å². The molecule has 0 atom stereocenters. The van der Waals surface area contributed by atoms with Crippen molar-refractivity contribution in [3.63, 3.8) is 0 Å². The summed E-state index contributed by atoms with van der Waals surface area (Å²) in [6, 6.07) is 5.26. The average Bonchev–Trinajstić information content (AvgIpc) is 2.63. The molecule has 66 valence electrons. The third kappa shape index (κ3) is 1.08. The Hall–Kier alpha value is -2.11. The van der Waals surface area contributed by atoms with Crippen LogP contribution in [0.2, 0.25) is 0 Å². The van der Waals surface area contributed by atoms with Gasteiger partial charge in [-0.1, -0.05) is 11.2 Å². The number of aromatic nitrogens is 3. The monoisotopic (exact) mass is 177 g/mol. The number of para-hydroxylation sites is 1. The van der Waals surface area contributed by atoms with Crippen molar-refractivity contribution < 1.29 is 5.21 Å². The normalized spacial score (nSPS) is 12.2. The molecule has 2 aromatic rings. The van der Waals surface area contributed by atoms with E-state index in [1.165, 1.54) is 0 Å². The summed E-state index contributed by atoms with van der Waals surface area (Å²) < 4.78 is 0. The summed E-state index contributed by atoms with van der Waals surface area (Å²) in [7, 11) is 0. The van der Waals surface area contributed by atoms with E-state index in [4.69, 9.17) is 10.9 Å². The number of aromatic amines is 1. The molecule has 2 rings (SSSR count). The minimum atomic E-state index is 0.0273. The van der Waals surface area contributed by atoms with Crippen LogP contribution in [-0.4, -0.2) is 26.5 Å². The van der Waals surface area contributed by atoms with E-state index in [9.17, 15) is 0 Å². The Morgan fingerprint density at radius 2 is 2.31 bits per heavy atom. The van der Waals surface area contributed by atoms with Crippen LogP contribution in [0.1, 0.15) is 5.56 Å². The number of amidine groups is 1. The van der Waals surface area contributed by atoms with Gasteiger partial charge in [-0.2, -0.15) is 15.4 Å². The lowest BCUT2D eigenvalue weighted by Gasteiger charge is -1.96. The number of nitrogens with two attached hydrogens (primary N) is 1.